The zero-order valence-corrected chi connectivity index (χ0v) is 18.9. The Morgan fingerprint density at radius 3 is 2.55 bits per heavy atom. The molecule has 0 unspecified atom stereocenters. The van der Waals surface area contributed by atoms with Crippen LogP contribution in [0.3, 0.4) is 0 Å². The number of aliphatic hydroxyl groups excluding tert-OH is 1. The maximum Gasteiger partial charge on any atom is 0.358 e. The zero-order valence-electron chi connectivity index (χ0n) is 18.1. The van der Waals surface area contributed by atoms with Crippen molar-refractivity contribution in [1.29, 1.82) is 0 Å². The molecule has 0 radical (unpaired) electrons. The largest absolute Gasteiger partial charge is 0.427 e. The van der Waals surface area contributed by atoms with Crippen LogP contribution in [0.5, 0.6) is 0 Å². The Labute approximate surface area is 184 Å². The molecule has 0 bridgehead atoms. The number of hydrogen-bond acceptors (Lipinski definition) is 8. The van der Waals surface area contributed by atoms with Crippen molar-refractivity contribution in [2.24, 2.45) is 11.3 Å². The predicted octanol–water partition coefficient (Wildman–Crippen LogP) is 1.52. The van der Waals surface area contributed by atoms with Crippen LogP contribution in [0.1, 0.15) is 50.0 Å². The summed E-state index contributed by atoms with van der Waals surface area (Å²) in [5.41, 5.74) is 0.674. The first-order valence-electron chi connectivity index (χ1n) is 9.86. The van der Waals surface area contributed by atoms with Gasteiger partial charge in [0.15, 0.2) is 0 Å². The molecule has 168 valence electrons. The number of carbonyl (C=O) groups excluding carboxylic acids is 4. The summed E-state index contributed by atoms with van der Waals surface area (Å²) in [5.74, 6) is -2.70. The number of aliphatic hydroxyl groups is 1. The molecule has 9 nitrogen and oxygen atoms in total. The number of nitrogens with zero attached hydrogens (tertiary/aromatic N) is 1. The van der Waals surface area contributed by atoms with Crippen LogP contribution in [0.15, 0.2) is 16.5 Å². The van der Waals surface area contributed by atoms with Gasteiger partial charge in [-0.3, -0.25) is 14.4 Å². The van der Waals surface area contributed by atoms with E-state index in [1.165, 1.54) is 30.2 Å². The zero-order chi connectivity index (χ0) is 23.1. The number of carbonyl (C=O) groups is 4. The van der Waals surface area contributed by atoms with Gasteiger partial charge in [0.2, 0.25) is 12.7 Å². The Morgan fingerprint density at radius 2 is 1.97 bits per heavy atom. The Bertz CT molecular complexity index is 957. The summed E-state index contributed by atoms with van der Waals surface area (Å²) in [5, 5.41) is 16.0. The molecule has 1 fully saturated rings. The molecule has 2 N–H and O–H groups in total. The van der Waals surface area contributed by atoms with E-state index in [1.54, 1.807) is 31.5 Å². The monoisotopic (exact) mass is 450 g/mol. The molecule has 2 amide bonds. The van der Waals surface area contributed by atoms with Gasteiger partial charge in [0.1, 0.15) is 5.70 Å². The van der Waals surface area contributed by atoms with Gasteiger partial charge in [0.25, 0.3) is 5.91 Å². The predicted molar refractivity (Wildman–Crippen MR) is 112 cm³/mol. The molecule has 3 heterocycles. The van der Waals surface area contributed by atoms with Gasteiger partial charge in [-0.2, -0.15) is 11.3 Å². The van der Waals surface area contributed by atoms with Crippen molar-refractivity contribution in [3.05, 3.63) is 27.6 Å². The summed E-state index contributed by atoms with van der Waals surface area (Å²) in [7, 11) is 1.51. The average Bonchev–Trinajstić information content (AvgIpc) is 3.28. The highest BCUT2D eigenvalue weighted by Gasteiger charge is 2.57. The van der Waals surface area contributed by atoms with E-state index in [4.69, 9.17) is 9.47 Å². The van der Waals surface area contributed by atoms with E-state index in [-0.39, 0.29) is 17.5 Å². The topological polar surface area (TPSA) is 122 Å². The number of fused-ring (bicyclic) bond motifs is 1. The molecule has 1 aromatic rings. The number of amides is 2. The molecule has 2 aliphatic rings. The minimum absolute atomic E-state index is 0.0160. The van der Waals surface area contributed by atoms with Crippen LogP contribution in [0.4, 0.5) is 0 Å². The quantitative estimate of drug-likeness (QED) is 0.383. The fourth-order valence-electron chi connectivity index (χ4n) is 3.76. The normalized spacial score (nSPS) is 21.4. The highest BCUT2D eigenvalue weighted by Crippen LogP contribution is 2.48. The Hall–Kier alpha value is -2.72. The molecular formula is C21H26N2O7S. The van der Waals surface area contributed by atoms with Crippen LogP contribution < -0.4 is 5.32 Å². The number of nitrogens with one attached hydrogen (secondary N) is 1. The molecule has 1 saturated heterocycles. The second-order valence-electron chi connectivity index (χ2n) is 8.58. The van der Waals surface area contributed by atoms with Crippen LogP contribution in [0, 0.1) is 11.3 Å². The van der Waals surface area contributed by atoms with Gasteiger partial charge in [-0.25, -0.2) is 4.79 Å². The summed E-state index contributed by atoms with van der Waals surface area (Å²) < 4.78 is 10.1. The fraction of sp³-hybridized carbons (Fsp3) is 0.524. The smallest absolute Gasteiger partial charge is 0.358 e. The number of β-lactam (4-membered cyclic amide) rings is 1. The van der Waals surface area contributed by atoms with E-state index in [2.05, 4.69) is 5.32 Å². The molecule has 0 saturated carbocycles. The van der Waals surface area contributed by atoms with E-state index in [0.29, 0.717) is 23.1 Å². The van der Waals surface area contributed by atoms with Crippen LogP contribution in [0.2, 0.25) is 0 Å². The van der Waals surface area contributed by atoms with Crippen molar-refractivity contribution in [3.8, 4) is 0 Å². The standard InChI is InChI=1S/C21H26N2O7S/c1-10(24)15-14-6-11(12-7-31-8-13(12)17(25)22-5)16(23(14)18(15)26)19(27)29-9-30-20(28)21(2,3)4/h7-8,10,14-15,24H,6,9H2,1-5H3,(H,22,25)/t10-,14-,15-/m1/s1. The van der Waals surface area contributed by atoms with Gasteiger partial charge < -0.3 is 24.8 Å². The van der Waals surface area contributed by atoms with Crippen LogP contribution >= 0.6 is 11.3 Å². The minimum atomic E-state index is -0.876. The van der Waals surface area contributed by atoms with Gasteiger partial charge in [-0.05, 0) is 45.1 Å². The molecule has 0 aromatic carbocycles. The molecule has 1 aromatic heterocycles. The van der Waals surface area contributed by atoms with Crippen molar-refractivity contribution in [2.75, 3.05) is 13.8 Å². The van der Waals surface area contributed by atoms with E-state index >= 15 is 0 Å². The van der Waals surface area contributed by atoms with Crippen molar-refractivity contribution in [1.82, 2.24) is 10.2 Å². The third kappa shape index (κ3) is 4.09. The molecular weight excluding hydrogens is 424 g/mol. The number of ether oxygens (including phenoxy) is 2. The Morgan fingerprint density at radius 1 is 1.29 bits per heavy atom. The molecule has 3 rings (SSSR count). The number of hydrogen-bond donors (Lipinski definition) is 2. The molecule has 0 aliphatic carbocycles. The summed E-state index contributed by atoms with van der Waals surface area (Å²) in [4.78, 5) is 51.1. The summed E-state index contributed by atoms with van der Waals surface area (Å²) in [6.07, 6.45) is -0.576. The van der Waals surface area contributed by atoms with E-state index < -0.39 is 42.2 Å². The number of esters is 2. The lowest BCUT2D eigenvalue weighted by atomic mass is 9.82. The molecule has 2 aliphatic heterocycles. The van der Waals surface area contributed by atoms with Crippen molar-refractivity contribution < 1.29 is 33.8 Å². The number of thiophene rings is 1. The van der Waals surface area contributed by atoms with Crippen LogP contribution in [-0.2, 0) is 23.9 Å². The second-order valence-corrected chi connectivity index (χ2v) is 9.33. The first-order chi connectivity index (χ1) is 14.5. The van der Waals surface area contributed by atoms with Gasteiger partial charge in [-0.15, -0.1) is 0 Å². The van der Waals surface area contributed by atoms with Gasteiger partial charge >= 0.3 is 11.9 Å². The van der Waals surface area contributed by atoms with E-state index in [1.807, 2.05) is 0 Å². The lowest BCUT2D eigenvalue weighted by Gasteiger charge is -2.44. The van der Waals surface area contributed by atoms with Gasteiger partial charge in [-0.1, -0.05) is 0 Å². The lowest BCUT2D eigenvalue weighted by Crippen LogP contribution is -2.61. The highest BCUT2D eigenvalue weighted by atomic mass is 32.1. The maximum atomic E-state index is 12.9. The average molecular weight is 451 g/mol. The first kappa shape index (κ1) is 23.0. The van der Waals surface area contributed by atoms with Gasteiger partial charge in [0.05, 0.1) is 29.0 Å². The third-order valence-corrected chi connectivity index (χ3v) is 6.12. The fourth-order valence-corrected chi connectivity index (χ4v) is 4.61. The van der Waals surface area contributed by atoms with Crippen LogP contribution in [-0.4, -0.2) is 59.7 Å². The molecule has 31 heavy (non-hydrogen) atoms. The summed E-state index contributed by atoms with van der Waals surface area (Å²) in [6.45, 7) is 5.95. The highest BCUT2D eigenvalue weighted by molar-refractivity contribution is 7.08. The first-order valence-corrected chi connectivity index (χ1v) is 10.8. The summed E-state index contributed by atoms with van der Waals surface area (Å²) in [6, 6.07) is -0.403. The van der Waals surface area contributed by atoms with E-state index in [9.17, 15) is 24.3 Å². The Balaban J connectivity index is 1.90. The summed E-state index contributed by atoms with van der Waals surface area (Å²) >= 11 is 1.30. The SMILES string of the molecule is CNC(=O)c1cscc1C1=C(C(=O)OCOC(=O)C(C)(C)C)N2C(=O)[C@H]([C@@H](C)O)[C@H]2C1. The molecule has 0 spiro atoms. The maximum absolute atomic E-state index is 12.9. The number of rotatable bonds is 6. The van der Waals surface area contributed by atoms with Gasteiger partial charge in [0, 0.05) is 18.0 Å². The third-order valence-electron chi connectivity index (χ3n) is 5.37. The van der Waals surface area contributed by atoms with E-state index in [0.717, 1.165) is 0 Å². The molecule has 10 heteroatoms. The molecule has 3 atom stereocenters. The lowest BCUT2D eigenvalue weighted by molar-refractivity contribution is -0.175. The Kier molecular flexibility index (Phi) is 6.24. The minimum Gasteiger partial charge on any atom is -0.427 e. The van der Waals surface area contributed by atoms with Crippen molar-refractivity contribution in [3.63, 3.8) is 0 Å². The van der Waals surface area contributed by atoms with Crippen molar-refractivity contribution >= 4 is 40.7 Å². The second kappa shape index (κ2) is 8.43. The van der Waals surface area contributed by atoms with Crippen molar-refractivity contribution in [2.45, 2.75) is 46.3 Å². The van der Waals surface area contributed by atoms with Crippen LogP contribution in [0.25, 0.3) is 5.57 Å².